The van der Waals surface area contributed by atoms with E-state index in [4.69, 9.17) is 14.2 Å². The van der Waals surface area contributed by atoms with Gasteiger partial charge in [-0.2, -0.15) is 0 Å². The highest BCUT2D eigenvalue weighted by Crippen LogP contribution is 2.41. The number of aromatic nitrogens is 4. The van der Waals surface area contributed by atoms with Gasteiger partial charge in [0.15, 0.2) is 5.65 Å². The van der Waals surface area contributed by atoms with Crippen molar-refractivity contribution in [3.63, 3.8) is 0 Å². The van der Waals surface area contributed by atoms with Crippen molar-refractivity contribution in [1.82, 2.24) is 19.6 Å². The van der Waals surface area contributed by atoms with E-state index < -0.39 is 17.9 Å². The van der Waals surface area contributed by atoms with Crippen LogP contribution < -0.4 is 0 Å². The van der Waals surface area contributed by atoms with E-state index in [1.165, 1.54) is 29.7 Å². The third kappa shape index (κ3) is 5.14. The number of alkyl halides is 1. The molecule has 2 aromatic carbocycles. The first kappa shape index (κ1) is 25.2. The highest BCUT2D eigenvalue weighted by Gasteiger charge is 2.55. The molecule has 0 saturated carbocycles. The molecule has 3 atom stereocenters. The Morgan fingerprint density at radius 3 is 2.39 bits per heavy atom. The fraction of sp³-hybridized carbons (Fsp3) is 0.346. The van der Waals surface area contributed by atoms with Crippen LogP contribution in [-0.2, 0) is 33.1 Å². The number of halogens is 1. The molecular formula is C26H27FN4O3S2. The molecule has 0 spiro atoms. The summed E-state index contributed by atoms with van der Waals surface area (Å²) in [5.74, 6) is 0. The molecule has 0 N–H and O–H groups in total. The Morgan fingerprint density at radius 2 is 1.72 bits per heavy atom. The summed E-state index contributed by atoms with van der Waals surface area (Å²) in [4.78, 5) is 8.97. The first-order valence-corrected chi connectivity index (χ1v) is 14.0. The smallest absolute Gasteiger partial charge is 0.208 e. The topological polar surface area (TPSA) is 70.8 Å². The van der Waals surface area contributed by atoms with Crippen molar-refractivity contribution in [2.45, 2.75) is 41.3 Å². The second kappa shape index (κ2) is 11.3. The Hall–Kier alpha value is -2.50. The minimum atomic E-state index is -1.98. The summed E-state index contributed by atoms with van der Waals surface area (Å²) in [6.07, 6.45) is 3.80. The number of thioether (sulfide) groups is 2. The van der Waals surface area contributed by atoms with E-state index in [1.54, 1.807) is 4.52 Å². The highest BCUT2D eigenvalue weighted by atomic mass is 32.2. The maximum Gasteiger partial charge on any atom is 0.208 e. The Morgan fingerprint density at radius 1 is 1.03 bits per heavy atom. The molecule has 10 heteroatoms. The Bertz CT molecular complexity index is 1290. The van der Waals surface area contributed by atoms with Crippen LogP contribution in [0.2, 0.25) is 0 Å². The van der Waals surface area contributed by atoms with Gasteiger partial charge >= 0.3 is 0 Å². The molecule has 36 heavy (non-hydrogen) atoms. The van der Waals surface area contributed by atoms with Gasteiger partial charge in [0.25, 0.3) is 0 Å². The fourth-order valence-electron chi connectivity index (χ4n) is 4.26. The molecule has 0 radical (unpaired) electrons. The number of fused-ring (bicyclic) bond motifs is 1. The first-order chi connectivity index (χ1) is 17.6. The van der Waals surface area contributed by atoms with Crippen molar-refractivity contribution in [1.29, 1.82) is 0 Å². The van der Waals surface area contributed by atoms with Crippen LogP contribution in [0.5, 0.6) is 0 Å². The van der Waals surface area contributed by atoms with E-state index in [2.05, 4.69) is 15.1 Å². The van der Waals surface area contributed by atoms with Crippen molar-refractivity contribution in [3.8, 4) is 0 Å². The molecule has 4 aromatic rings. The number of nitrogens with zero attached hydrogens (tertiary/aromatic N) is 4. The maximum absolute atomic E-state index is 17.0. The molecule has 0 amide bonds. The Labute approximate surface area is 217 Å². The summed E-state index contributed by atoms with van der Waals surface area (Å²) >= 11 is 2.84. The SMILES string of the molecule is CSc1nc(SC)c2ncc([C@@]3(F)CO[C@H](COCc4ccccc4)[C@H]3OCc3ccccc3)n2n1. The normalized spacial score (nSPS) is 21.9. The monoisotopic (exact) mass is 526 g/mol. The third-order valence-electron chi connectivity index (χ3n) is 6.08. The zero-order valence-corrected chi connectivity index (χ0v) is 21.7. The van der Waals surface area contributed by atoms with Gasteiger partial charge in [-0.25, -0.2) is 18.9 Å². The summed E-state index contributed by atoms with van der Waals surface area (Å²) in [5.41, 5.74) is 0.809. The molecule has 3 heterocycles. The fourth-order valence-corrected chi connectivity index (χ4v) is 5.16. The number of benzene rings is 2. The Balaban J connectivity index is 1.44. The minimum absolute atomic E-state index is 0.188. The van der Waals surface area contributed by atoms with Crippen molar-refractivity contribution in [2.24, 2.45) is 0 Å². The maximum atomic E-state index is 17.0. The summed E-state index contributed by atoms with van der Waals surface area (Å²) in [5, 5.41) is 5.77. The van der Waals surface area contributed by atoms with Crippen molar-refractivity contribution in [3.05, 3.63) is 83.7 Å². The molecule has 5 rings (SSSR count). The number of ether oxygens (including phenoxy) is 3. The quantitative estimate of drug-likeness (QED) is 0.269. The lowest BCUT2D eigenvalue weighted by atomic mass is 9.95. The van der Waals surface area contributed by atoms with Crippen LogP contribution in [0, 0.1) is 0 Å². The summed E-state index contributed by atoms with van der Waals surface area (Å²) in [7, 11) is 0. The molecule has 0 unspecified atom stereocenters. The second-order valence-corrected chi connectivity index (χ2v) is 9.98. The second-order valence-electron chi connectivity index (χ2n) is 8.42. The summed E-state index contributed by atoms with van der Waals surface area (Å²) < 4.78 is 36.7. The van der Waals surface area contributed by atoms with Crippen molar-refractivity contribution < 1.29 is 18.6 Å². The zero-order valence-electron chi connectivity index (χ0n) is 20.0. The van der Waals surface area contributed by atoms with Crippen LogP contribution in [0.4, 0.5) is 4.39 Å². The average molecular weight is 527 g/mol. The number of hydrogen-bond acceptors (Lipinski definition) is 8. The molecule has 1 aliphatic rings. The van der Waals surface area contributed by atoms with E-state index in [0.29, 0.717) is 22.4 Å². The van der Waals surface area contributed by atoms with Gasteiger partial charge in [-0.05, 0) is 23.6 Å². The largest absolute Gasteiger partial charge is 0.374 e. The van der Waals surface area contributed by atoms with Crippen LogP contribution in [0.1, 0.15) is 16.8 Å². The van der Waals surface area contributed by atoms with Crippen LogP contribution in [-0.4, -0.2) is 57.5 Å². The van der Waals surface area contributed by atoms with Gasteiger partial charge in [0.1, 0.15) is 22.9 Å². The lowest BCUT2D eigenvalue weighted by Gasteiger charge is -2.28. The molecule has 0 bridgehead atoms. The predicted octanol–water partition coefficient (Wildman–Crippen LogP) is 4.93. The van der Waals surface area contributed by atoms with Gasteiger partial charge in [0.05, 0.1) is 32.6 Å². The van der Waals surface area contributed by atoms with Crippen molar-refractivity contribution in [2.75, 3.05) is 25.7 Å². The molecular weight excluding hydrogens is 499 g/mol. The molecule has 2 aromatic heterocycles. The molecule has 0 aliphatic carbocycles. The van der Waals surface area contributed by atoms with Crippen LogP contribution in [0.25, 0.3) is 5.65 Å². The highest BCUT2D eigenvalue weighted by molar-refractivity contribution is 7.99. The minimum Gasteiger partial charge on any atom is -0.374 e. The van der Waals surface area contributed by atoms with E-state index >= 15 is 4.39 Å². The first-order valence-electron chi connectivity index (χ1n) is 11.5. The van der Waals surface area contributed by atoms with Gasteiger partial charge in [-0.3, -0.25) is 0 Å². The van der Waals surface area contributed by atoms with Crippen LogP contribution >= 0.6 is 23.5 Å². The van der Waals surface area contributed by atoms with E-state index in [9.17, 15) is 0 Å². The van der Waals surface area contributed by atoms with E-state index in [0.717, 1.165) is 11.1 Å². The van der Waals surface area contributed by atoms with Crippen LogP contribution in [0.3, 0.4) is 0 Å². The van der Waals surface area contributed by atoms with E-state index in [-0.39, 0.29) is 25.5 Å². The lowest BCUT2D eigenvalue weighted by Crippen LogP contribution is -2.42. The number of hydrogen-bond donors (Lipinski definition) is 0. The molecule has 7 nitrogen and oxygen atoms in total. The van der Waals surface area contributed by atoms with Crippen LogP contribution in [0.15, 0.2) is 77.0 Å². The van der Waals surface area contributed by atoms with Gasteiger partial charge in [-0.1, -0.05) is 72.4 Å². The molecule has 188 valence electrons. The number of imidazole rings is 1. The summed E-state index contributed by atoms with van der Waals surface area (Å²) in [6.45, 7) is 0.653. The summed E-state index contributed by atoms with van der Waals surface area (Å²) in [6, 6.07) is 19.6. The van der Waals surface area contributed by atoms with Crippen molar-refractivity contribution >= 4 is 29.2 Å². The van der Waals surface area contributed by atoms with Gasteiger partial charge < -0.3 is 14.2 Å². The zero-order chi connectivity index (χ0) is 25.0. The molecule has 1 saturated heterocycles. The Kier molecular flexibility index (Phi) is 7.87. The molecule has 1 fully saturated rings. The third-order valence-corrected chi connectivity index (χ3v) is 7.27. The number of rotatable bonds is 10. The average Bonchev–Trinajstić information content (AvgIpc) is 3.50. The van der Waals surface area contributed by atoms with E-state index in [1.807, 2.05) is 73.2 Å². The predicted molar refractivity (Wildman–Crippen MR) is 138 cm³/mol. The molecule has 1 aliphatic heterocycles. The van der Waals surface area contributed by atoms with Gasteiger partial charge in [0, 0.05) is 0 Å². The lowest BCUT2D eigenvalue weighted by molar-refractivity contribution is -0.0860. The standard InChI is InChI=1S/C26H27FN4O3S2/c1-35-24-23-28-13-21(31(23)30-25(29-24)36-2)26(27)17-34-20(16-32-14-18-9-5-3-6-10-18)22(26)33-15-19-11-7-4-8-12-19/h3-13,20,22H,14-17H2,1-2H3/t20-,22-,26+/m1/s1. The van der Waals surface area contributed by atoms with Gasteiger partial charge in [-0.15, -0.1) is 16.9 Å². The van der Waals surface area contributed by atoms with Gasteiger partial charge in [0.2, 0.25) is 10.8 Å².